The molecule has 0 amide bonds. The van der Waals surface area contributed by atoms with Gasteiger partial charge in [0.2, 0.25) is 0 Å². The largest absolute Gasteiger partial charge is 0.502 e. The van der Waals surface area contributed by atoms with Gasteiger partial charge in [-0.25, -0.2) is 4.79 Å². The normalized spacial score (nSPS) is 13.6. The maximum Gasteiger partial charge on any atom is 0.338 e. The van der Waals surface area contributed by atoms with E-state index in [2.05, 4.69) is 4.74 Å². The topological polar surface area (TPSA) is 130 Å². The van der Waals surface area contributed by atoms with Gasteiger partial charge in [0.25, 0.3) is 0 Å². The number of aromatic hydroxyl groups is 1. The Hall–Kier alpha value is -2.19. The molecule has 1 rings (SSSR count). The maximum absolute atomic E-state index is 11.2. The van der Waals surface area contributed by atoms with Crippen molar-refractivity contribution in [2.45, 2.75) is 19.1 Å². The van der Waals surface area contributed by atoms with Crippen LogP contribution in [0.25, 0.3) is 0 Å². The zero-order valence-corrected chi connectivity index (χ0v) is 10.0. The fourth-order valence-corrected chi connectivity index (χ4v) is 1.46. The van der Waals surface area contributed by atoms with E-state index in [1.807, 2.05) is 0 Å². The number of phenols is 1. The molecule has 104 valence electrons. The van der Waals surface area contributed by atoms with E-state index in [1.165, 1.54) is 13.0 Å². The number of carbonyl (C=O) groups is 1. The van der Waals surface area contributed by atoms with E-state index in [-0.39, 0.29) is 12.2 Å². The third-order valence-electron chi connectivity index (χ3n) is 2.39. The first-order valence-electron chi connectivity index (χ1n) is 5.39. The van der Waals surface area contributed by atoms with Crippen molar-refractivity contribution < 1.29 is 29.8 Å². The molecule has 0 aliphatic carbocycles. The second-order valence-corrected chi connectivity index (χ2v) is 3.61. The summed E-state index contributed by atoms with van der Waals surface area (Å²) in [4.78, 5) is 21.0. The summed E-state index contributed by atoms with van der Waals surface area (Å²) < 4.78 is 4.50. The number of nitrogens with zero attached hydrogens (tertiary/aromatic N) is 1. The number of nitro benzene ring substituents is 1. The molecule has 2 unspecified atom stereocenters. The molecule has 0 radical (unpaired) electrons. The Morgan fingerprint density at radius 3 is 2.63 bits per heavy atom. The van der Waals surface area contributed by atoms with Crippen LogP contribution in [0.15, 0.2) is 18.2 Å². The van der Waals surface area contributed by atoms with E-state index in [0.717, 1.165) is 12.1 Å². The monoisotopic (exact) mass is 271 g/mol. The molecule has 8 nitrogen and oxygen atoms in total. The van der Waals surface area contributed by atoms with Crippen LogP contribution in [0.2, 0.25) is 0 Å². The van der Waals surface area contributed by atoms with Crippen molar-refractivity contribution in [3.05, 3.63) is 33.9 Å². The smallest absolute Gasteiger partial charge is 0.338 e. The number of benzene rings is 1. The number of para-hydroxylation sites is 1. The molecule has 0 saturated heterocycles. The van der Waals surface area contributed by atoms with Gasteiger partial charge in [0.1, 0.15) is 6.10 Å². The Balaban J connectivity index is 3.06. The van der Waals surface area contributed by atoms with Gasteiger partial charge in [-0.15, -0.1) is 0 Å². The molecule has 1 aromatic rings. The first-order chi connectivity index (χ1) is 8.90. The number of phenolic OH excluding ortho intramolecular Hbond substituents is 1. The van der Waals surface area contributed by atoms with E-state index in [9.17, 15) is 30.2 Å². The van der Waals surface area contributed by atoms with E-state index in [0.29, 0.717) is 0 Å². The summed E-state index contributed by atoms with van der Waals surface area (Å²) in [6, 6.07) is 3.41. The van der Waals surface area contributed by atoms with Gasteiger partial charge >= 0.3 is 11.7 Å². The minimum Gasteiger partial charge on any atom is -0.502 e. The summed E-state index contributed by atoms with van der Waals surface area (Å²) in [6.07, 6.45) is -3.76. The highest BCUT2D eigenvalue weighted by molar-refractivity contribution is 5.75. The quantitative estimate of drug-likeness (QED) is 0.397. The molecular formula is C11H13NO7. The number of esters is 1. The average molecular weight is 271 g/mol. The molecule has 0 aromatic heterocycles. The maximum atomic E-state index is 11.2. The Bertz CT molecular complexity index is 488. The van der Waals surface area contributed by atoms with Crippen molar-refractivity contribution in [1.29, 1.82) is 0 Å². The van der Waals surface area contributed by atoms with E-state index < -0.39 is 34.5 Å². The Morgan fingerprint density at radius 1 is 1.47 bits per heavy atom. The van der Waals surface area contributed by atoms with Gasteiger partial charge in [0.15, 0.2) is 11.9 Å². The fourth-order valence-electron chi connectivity index (χ4n) is 1.46. The number of aliphatic hydroxyl groups is 2. The average Bonchev–Trinajstić information content (AvgIpc) is 2.37. The molecule has 0 bridgehead atoms. The summed E-state index contributed by atoms with van der Waals surface area (Å²) in [6.45, 7) is 1.52. The van der Waals surface area contributed by atoms with E-state index in [4.69, 9.17) is 0 Å². The van der Waals surface area contributed by atoms with Gasteiger partial charge in [-0.05, 0) is 6.92 Å². The third-order valence-corrected chi connectivity index (χ3v) is 2.39. The van der Waals surface area contributed by atoms with Crippen LogP contribution < -0.4 is 0 Å². The molecule has 8 heteroatoms. The predicted molar refractivity (Wildman–Crippen MR) is 62.4 cm³/mol. The second-order valence-electron chi connectivity index (χ2n) is 3.61. The van der Waals surface area contributed by atoms with Crippen LogP contribution in [0.5, 0.6) is 5.75 Å². The van der Waals surface area contributed by atoms with Crippen molar-refractivity contribution in [2.24, 2.45) is 0 Å². The molecule has 19 heavy (non-hydrogen) atoms. The summed E-state index contributed by atoms with van der Waals surface area (Å²) in [7, 11) is 0. The predicted octanol–water partition coefficient (Wildman–Crippen LogP) is 0.258. The minimum absolute atomic E-state index is 0.00350. The van der Waals surface area contributed by atoms with Gasteiger partial charge in [-0.3, -0.25) is 10.1 Å². The standard InChI is InChI=1S/C11H13NO7/c1-2-19-11(16)10(15)9(14)6-4-3-5-7(8(6)13)12(17)18/h3-5,9-10,13-15H,2H2,1H3. The number of hydrogen-bond acceptors (Lipinski definition) is 7. The van der Waals surface area contributed by atoms with Gasteiger partial charge < -0.3 is 20.1 Å². The number of hydrogen-bond donors (Lipinski definition) is 3. The van der Waals surface area contributed by atoms with E-state index >= 15 is 0 Å². The van der Waals surface area contributed by atoms with Crippen LogP contribution in [0, 0.1) is 10.1 Å². The zero-order valence-electron chi connectivity index (χ0n) is 10.0. The molecular weight excluding hydrogens is 258 g/mol. The molecule has 1 aromatic carbocycles. The number of aliphatic hydroxyl groups excluding tert-OH is 2. The molecule has 0 aliphatic rings. The lowest BCUT2D eigenvalue weighted by Gasteiger charge is -2.17. The highest BCUT2D eigenvalue weighted by Crippen LogP contribution is 2.34. The lowest BCUT2D eigenvalue weighted by Crippen LogP contribution is -2.30. The Kier molecular flexibility index (Phi) is 4.79. The molecule has 0 fully saturated rings. The van der Waals surface area contributed by atoms with Gasteiger partial charge in [-0.2, -0.15) is 0 Å². The highest BCUT2D eigenvalue weighted by atomic mass is 16.6. The van der Waals surface area contributed by atoms with Crippen LogP contribution in [-0.2, 0) is 9.53 Å². The second kappa shape index (κ2) is 6.12. The van der Waals surface area contributed by atoms with Crippen molar-refractivity contribution in [1.82, 2.24) is 0 Å². The molecule has 0 heterocycles. The van der Waals surface area contributed by atoms with Crippen molar-refractivity contribution in [2.75, 3.05) is 6.61 Å². The van der Waals surface area contributed by atoms with Gasteiger partial charge in [-0.1, -0.05) is 12.1 Å². The Labute approximate surface area is 108 Å². The van der Waals surface area contributed by atoms with Crippen LogP contribution in [0.1, 0.15) is 18.6 Å². The summed E-state index contributed by atoms with van der Waals surface area (Å²) >= 11 is 0. The van der Waals surface area contributed by atoms with Crippen LogP contribution >= 0.6 is 0 Å². The third kappa shape index (κ3) is 3.18. The summed E-state index contributed by atoms with van der Waals surface area (Å²) in [5.74, 6) is -1.88. The number of ether oxygens (including phenoxy) is 1. The number of rotatable bonds is 5. The minimum atomic E-state index is -1.94. The van der Waals surface area contributed by atoms with Crippen molar-refractivity contribution in [3.8, 4) is 5.75 Å². The summed E-state index contributed by atoms with van der Waals surface area (Å²) in [5.41, 5.74) is -0.956. The summed E-state index contributed by atoms with van der Waals surface area (Å²) in [5, 5.41) is 39.5. The van der Waals surface area contributed by atoms with Crippen molar-refractivity contribution in [3.63, 3.8) is 0 Å². The molecule has 0 saturated carbocycles. The SMILES string of the molecule is CCOC(=O)C(O)C(O)c1cccc([N+](=O)[O-])c1O. The molecule has 3 N–H and O–H groups in total. The van der Waals surface area contributed by atoms with Crippen LogP contribution in [0.4, 0.5) is 5.69 Å². The first kappa shape index (κ1) is 14.9. The van der Waals surface area contributed by atoms with E-state index in [1.54, 1.807) is 0 Å². The number of carbonyl (C=O) groups excluding carboxylic acids is 1. The van der Waals surface area contributed by atoms with Crippen LogP contribution in [-0.4, -0.2) is 38.9 Å². The zero-order chi connectivity index (χ0) is 14.6. The van der Waals surface area contributed by atoms with Crippen LogP contribution in [0.3, 0.4) is 0 Å². The molecule has 0 aliphatic heterocycles. The van der Waals surface area contributed by atoms with Gasteiger partial charge in [0.05, 0.1) is 11.5 Å². The molecule has 0 spiro atoms. The first-order valence-corrected chi connectivity index (χ1v) is 5.39. The Morgan fingerprint density at radius 2 is 2.11 bits per heavy atom. The number of nitro groups is 1. The fraction of sp³-hybridized carbons (Fsp3) is 0.364. The van der Waals surface area contributed by atoms with Crippen molar-refractivity contribution >= 4 is 11.7 Å². The highest BCUT2D eigenvalue weighted by Gasteiger charge is 2.31. The van der Waals surface area contributed by atoms with Gasteiger partial charge in [0, 0.05) is 11.6 Å². The lowest BCUT2D eigenvalue weighted by molar-refractivity contribution is -0.386. The molecule has 2 atom stereocenters. The lowest BCUT2D eigenvalue weighted by atomic mass is 10.0.